The first kappa shape index (κ1) is 18.8. The van der Waals surface area contributed by atoms with Crippen LogP contribution < -0.4 is 5.73 Å². The Kier molecular flexibility index (Phi) is 10.5. The SMILES string of the molecule is CCN(CC)CCCN(CC)C(CO)C(N)C(C)C. The highest BCUT2D eigenvalue weighted by molar-refractivity contribution is 4.83. The lowest BCUT2D eigenvalue weighted by Gasteiger charge is -2.35. The van der Waals surface area contributed by atoms with Crippen molar-refractivity contribution in [3.05, 3.63) is 0 Å². The summed E-state index contributed by atoms with van der Waals surface area (Å²) >= 11 is 0. The third-order valence-corrected chi connectivity index (χ3v) is 4.09. The Hall–Kier alpha value is -0.160. The van der Waals surface area contributed by atoms with Crippen molar-refractivity contribution in [2.45, 2.75) is 53.1 Å². The molecule has 0 radical (unpaired) electrons. The molecule has 0 aliphatic rings. The van der Waals surface area contributed by atoms with E-state index < -0.39 is 0 Å². The molecular weight excluding hydrogens is 238 g/mol. The zero-order valence-electron chi connectivity index (χ0n) is 13.6. The number of aliphatic hydroxyl groups excluding tert-OH is 1. The highest BCUT2D eigenvalue weighted by Gasteiger charge is 2.25. The first-order chi connectivity index (χ1) is 9.01. The van der Waals surface area contributed by atoms with Crippen molar-refractivity contribution in [2.75, 3.05) is 39.3 Å². The van der Waals surface area contributed by atoms with Gasteiger partial charge in [-0.1, -0.05) is 34.6 Å². The van der Waals surface area contributed by atoms with Crippen molar-refractivity contribution in [2.24, 2.45) is 11.7 Å². The summed E-state index contributed by atoms with van der Waals surface area (Å²) in [7, 11) is 0. The van der Waals surface area contributed by atoms with Gasteiger partial charge in [-0.2, -0.15) is 0 Å². The lowest BCUT2D eigenvalue weighted by molar-refractivity contribution is 0.0916. The molecular formula is C15H35N3O. The van der Waals surface area contributed by atoms with Crippen LogP contribution in [0.3, 0.4) is 0 Å². The fraction of sp³-hybridized carbons (Fsp3) is 1.00. The van der Waals surface area contributed by atoms with Gasteiger partial charge >= 0.3 is 0 Å². The fourth-order valence-corrected chi connectivity index (χ4v) is 2.52. The summed E-state index contributed by atoms with van der Waals surface area (Å²) in [5.41, 5.74) is 6.22. The van der Waals surface area contributed by atoms with Gasteiger partial charge < -0.3 is 15.7 Å². The molecule has 0 saturated carbocycles. The standard InChI is InChI=1S/C15H35N3O/c1-6-17(7-2)10-9-11-18(8-3)14(12-19)15(16)13(4)5/h13-15,19H,6-12,16H2,1-5H3. The van der Waals surface area contributed by atoms with Crippen LogP contribution in [0.15, 0.2) is 0 Å². The molecule has 3 N–H and O–H groups in total. The van der Waals surface area contributed by atoms with E-state index in [4.69, 9.17) is 5.73 Å². The second-order valence-electron chi connectivity index (χ2n) is 5.58. The summed E-state index contributed by atoms with van der Waals surface area (Å²) < 4.78 is 0. The van der Waals surface area contributed by atoms with Crippen LogP contribution in [0.1, 0.15) is 41.0 Å². The Balaban J connectivity index is 4.30. The zero-order chi connectivity index (χ0) is 14.8. The Morgan fingerprint density at radius 1 is 1.00 bits per heavy atom. The average Bonchev–Trinajstić information content (AvgIpc) is 2.41. The van der Waals surface area contributed by atoms with Gasteiger partial charge in [-0.3, -0.25) is 4.90 Å². The maximum absolute atomic E-state index is 9.62. The van der Waals surface area contributed by atoms with E-state index >= 15 is 0 Å². The van der Waals surface area contributed by atoms with Crippen molar-refractivity contribution < 1.29 is 5.11 Å². The number of hydrogen-bond acceptors (Lipinski definition) is 4. The van der Waals surface area contributed by atoms with E-state index in [1.807, 2.05) is 0 Å². The third kappa shape index (κ3) is 6.70. The summed E-state index contributed by atoms with van der Waals surface area (Å²) in [5, 5.41) is 9.62. The maximum Gasteiger partial charge on any atom is 0.0602 e. The molecule has 0 aliphatic heterocycles. The van der Waals surface area contributed by atoms with E-state index in [-0.39, 0.29) is 18.7 Å². The van der Waals surface area contributed by atoms with Crippen LogP contribution in [0.25, 0.3) is 0 Å². The third-order valence-electron chi connectivity index (χ3n) is 4.09. The number of aliphatic hydroxyl groups is 1. The predicted octanol–water partition coefficient (Wildman–Crippen LogP) is 1.38. The molecule has 2 unspecified atom stereocenters. The smallest absolute Gasteiger partial charge is 0.0602 e. The van der Waals surface area contributed by atoms with E-state index in [9.17, 15) is 5.11 Å². The first-order valence-electron chi connectivity index (χ1n) is 7.84. The molecule has 0 aromatic carbocycles. The minimum Gasteiger partial charge on any atom is -0.395 e. The normalized spacial score (nSPS) is 15.5. The second kappa shape index (κ2) is 10.6. The van der Waals surface area contributed by atoms with Crippen LogP contribution in [0.2, 0.25) is 0 Å². The summed E-state index contributed by atoms with van der Waals surface area (Å²) in [6.07, 6.45) is 1.14. The minimum absolute atomic E-state index is 0.0402. The molecule has 4 nitrogen and oxygen atoms in total. The van der Waals surface area contributed by atoms with Gasteiger partial charge in [-0.25, -0.2) is 0 Å². The van der Waals surface area contributed by atoms with Gasteiger partial charge in [0.1, 0.15) is 0 Å². The summed E-state index contributed by atoms with van der Waals surface area (Å²) in [4.78, 5) is 4.76. The number of hydrogen-bond donors (Lipinski definition) is 2. The van der Waals surface area contributed by atoms with Crippen molar-refractivity contribution in [3.63, 3.8) is 0 Å². The molecule has 0 rings (SSSR count). The molecule has 0 bridgehead atoms. The van der Waals surface area contributed by atoms with Crippen LogP contribution >= 0.6 is 0 Å². The molecule has 0 aromatic rings. The van der Waals surface area contributed by atoms with Crippen LogP contribution in [-0.2, 0) is 0 Å². The van der Waals surface area contributed by atoms with Gasteiger partial charge in [0.2, 0.25) is 0 Å². The highest BCUT2D eigenvalue weighted by atomic mass is 16.3. The molecule has 19 heavy (non-hydrogen) atoms. The van der Waals surface area contributed by atoms with Gasteiger partial charge in [-0.15, -0.1) is 0 Å². The summed E-state index contributed by atoms with van der Waals surface area (Å²) in [5.74, 6) is 0.397. The van der Waals surface area contributed by atoms with Crippen molar-refractivity contribution in [1.82, 2.24) is 9.80 Å². The number of likely N-dealkylation sites (N-methyl/N-ethyl adjacent to an activating group) is 1. The van der Waals surface area contributed by atoms with E-state index in [1.165, 1.54) is 0 Å². The molecule has 0 aliphatic carbocycles. The lowest BCUT2D eigenvalue weighted by atomic mass is 9.96. The van der Waals surface area contributed by atoms with Gasteiger partial charge in [0.15, 0.2) is 0 Å². The summed E-state index contributed by atoms with van der Waals surface area (Å²) in [6.45, 7) is 16.2. The average molecular weight is 273 g/mol. The van der Waals surface area contributed by atoms with Crippen molar-refractivity contribution in [3.8, 4) is 0 Å². The fourth-order valence-electron chi connectivity index (χ4n) is 2.52. The largest absolute Gasteiger partial charge is 0.395 e. The maximum atomic E-state index is 9.62. The van der Waals surface area contributed by atoms with Crippen LogP contribution in [-0.4, -0.2) is 66.3 Å². The molecule has 0 spiro atoms. The minimum atomic E-state index is 0.0402. The van der Waals surface area contributed by atoms with Crippen molar-refractivity contribution in [1.29, 1.82) is 0 Å². The topological polar surface area (TPSA) is 52.7 Å². The molecule has 4 heteroatoms. The van der Waals surface area contributed by atoms with Gasteiger partial charge in [0, 0.05) is 12.1 Å². The molecule has 0 saturated heterocycles. The predicted molar refractivity (Wildman–Crippen MR) is 83.3 cm³/mol. The van der Waals surface area contributed by atoms with Gasteiger partial charge in [-0.05, 0) is 45.1 Å². The number of nitrogens with two attached hydrogens (primary N) is 1. The van der Waals surface area contributed by atoms with E-state index in [0.29, 0.717) is 5.92 Å². The van der Waals surface area contributed by atoms with Crippen molar-refractivity contribution >= 4 is 0 Å². The highest BCUT2D eigenvalue weighted by Crippen LogP contribution is 2.11. The lowest BCUT2D eigenvalue weighted by Crippen LogP contribution is -2.52. The quantitative estimate of drug-likeness (QED) is 0.597. The zero-order valence-corrected chi connectivity index (χ0v) is 13.6. The molecule has 0 heterocycles. The Morgan fingerprint density at radius 2 is 1.58 bits per heavy atom. The van der Waals surface area contributed by atoms with Crippen LogP contribution in [0.4, 0.5) is 0 Å². The Labute approximate surface area is 120 Å². The molecule has 0 fully saturated rings. The monoisotopic (exact) mass is 273 g/mol. The Bertz CT molecular complexity index is 208. The second-order valence-corrected chi connectivity index (χ2v) is 5.58. The van der Waals surface area contributed by atoms with E-state index in [0.717, 1.165) is 39.1 Å². The number of rotatable bonds is 11. The Morgan fingerprint density at radius 3 is 1.95 bits per heavy atom. The molecule has 0 amide bonds. The molecule has 0 aromatic heterocycles. The first-order valence-corrected chi connectivity index (χ1v) is 7.84. The van der Waals surface area contributed by atoms with E-state index in [2.05, 4.69) is 44.4 Å². The van der Waals surface area contributed by atoms with Gasteiger partial charge in [0.25, 0.3) is 0 Å². The molecule has 2 atom stereocenters. The summed E-state index contributed by atoms with van der Waals surface area (Å²) in [6, 6.07) is 0.125. The molecule has 116 valence electrons. The van der Waals surface area contributed by atoms with E-state index in [1.54, 1.807) is 0 Å². The van der Waals surface area contributed by atoms with Crippen LogP contribution in [0.5, 0.6) is 0 Å². The van der Waals surface area contributed by atoms with Crippen LogP contribution in [0, 0.1) is 5.92 Å². The van der Waals surface area contributed by atoms with Gasteiger partial charge in [0.05, 0.1) is 6.61 Å². The number of nitrogens with zero attached hydrogens (tertiary/aromatic N) is 2.